The van der Waals surface area contributed by atoms with Gasteiger partial charge < -0.3 is 0 Å². The fraction of sp³-hybridized carbons (Fsp3) is 0.500. The Morgan fingerprint density at radius 2 is 2.00 bits per heavy atom. The van der Waals surface area contributed by atoms with E-state index in [1.165, 1.54) is 0 Å². The number of hydrogen-bond donors (Lipinski definition) is 0. The van der Waals surface area contributed by atoms with E-state index in [1.54, 1.807) is 0 Å². The normalized spacial score (nSPS) is 13.3. The van der Waals surface area contributed by atoms with E-state index >= 15 is 0 Å². The molecule has 1 heteroatoms. The van der Waals surface area contributed by atoms with Crippen molar-refractivity contribution in [2.45, 2.75) is 45.4 Å². The van der Waals surface area contributed by atoms with Gasteiger partial charge in [0.2, 0.25) is 0 Å². The highest BCUT2D eigenvalue weighted by Crippen LogP contribution is 2.06. The number of rotatable bonds is 7. The lowest BCUT2D eigenvalue weighted by Gasteiger charge is -2.01. The number of benzene rings is 1. The van der Waals surface area contributed by atoms with E-state index < -0.39 is 6.40 Å². The summed E-state index contributed by atoms with van der Waals surface area (Å²) in [6, 6.07) is 9.79. The highest BCUT2D eigenvalue weighted by Gasteiger charge is 2.01. The molecule has 0 fully saturated rings. The van der Waals surface area contributed by atoms with Crippen LogP contribution >= 0.6 is 0 Å². The Kier molecular flexibility index (Phi) is 5.01. The number of carbonyl (C=O) groups excluding carboxylic acids is 1. The lowest BCUT2D eigenvalue weighted by molar-refractivity contribution is -0.119. The zero-order chi connectivity index (χ0) is 11.8. The maximum Gasteiger partial charge on any atom is 0.133 e. The number of aryl methyl sites for hydroxylation is 1. The number of carbonyl (C=O) groups is 1. The van der Waals surface area contributed by atoms with Crippen molar-refractivity contribution in [3.63, 3.8) is 0 Å². The van der Waals surface area contributed by atoms with Crippen LogP contribution in [0.15, 0.2) is 30.3 Å². The summed E-state index contributed by atoms with van der Waals surface area (Å²) in [7, 11) is 0. The van der Waals surface area contributed by atoms with Crippen LogP contribution in [0.2, 0.25) is 0 Å². The molecule has 0 aliphatic carbocycles. The minimum atomic E-state index is -0.584. The predicted molar refractivity (Wildman–Crippen MR) is 63.9 cm³/mol. The van der Waals surface area contributed by atoms with E-state index in [4.69, 9.17) is 1.37 Å². The second kappa shape index (κ2) is 7.22. The van der Waals surface area contributed by atoms with Gasteiger partial charge in [-0.15, -0.1) is 0 Å². The Labute approximate surface area is 93.9 Å². The average Bonchev–Trinajstić information content (AvgIpc) is 2.30. The van der Waals surface area contributed by atoms with Crippen LogP contribution in [0.5, 0.6) is 0 Å². The Morgan fingerprint density at radius 1 is 1.27 bits per heavy atom. The zero-order valence-electron chi connectivity index (χ0n) is 10.4. The SMILES string of the molecule is [2H]C(Cc1ccccc1)C(=O)CCCCC. The lowest BCUT2D eigenvalue weighted by Crippen LogP contribution is -1.99. The van der Waals surface area contributed by atoms with Gasteiger partial charge in [-0.1, -0.05) is 50.1 Å². The number of unbranched alkanes of at least 4 members (excludes halogenated alkanes) is 2. The van der Waals surface area contributed by atoms with Crippen LogP contribution in [0.1, 0.15) is 45.9 Å². The summed E-state index contributed by atoms with van der Waals surface area (Å²) in [5.41, 5.74) is 1.08. The molecule has 0 amide bonds. The second-order valence-corrected chi connectivity index (χ2v) is 3.82. The Bertz CT molecular complexity index is 308. The van der Waals surface area contributed by atoms with E-state index in [2.05, 4.69) is 6.92 Å². The molecule has 15 heavy (non-hydrogen) atoms. The molecule has 1 aromatic rings. The van der Waals surface area contributed by atoms with Crippen molar-refractivity contribution in [1.29, 1.82) is 0 Å². The van der Waals surface area contributed by atoms with Gasteiger partial charge in [-0.3, -0.25) is 4.79 Å². The average molecular weight is 205 g/mol. The third kappa shape index (κ3) is 5.36. The first-order valence-corrected chi connectivity index (χ1v) is 5.73. The van der Waals surface area contributed by atoms with Crippen LogP contribution in [0.3, 0.4) is 0 Å². The van der Waals surface area contributed by atoms with Gasteiger partial charge in [0.05, 0.1) is 0 Å². The monoisotopic (exact) mass is 205 g/mol. The number of Topliss-reactive ketones (excluding diaryl/α,β-unsaturated/α-hetero) is 1. The fourth-order valence-electron chi connectivity index (χ4n) is 1.50. The van der Waals surface area contributed by atoms with Gasteiger partial charge in [-0.05, 0) is 18.4 Å². The maximum atomic E-state index is 11.6. The van der Waals surface area contributed by atoms with E-state index in [1.807, 2.05) is 30.3 Å². The van der Waals surface area contributed by atoms with Gasteiger partial charge in [0.1, 0.15) is 5.78 Å². The molecule has 0 spiro atoms. The summed E-state index contributed by atoms with van der Waals surface area (Å²) in [6.07, 6.45) is 3.66. The standard InChI is InChI=1S/C14H20O/c1-2-3-5-10-14(15)12-11-13-8-6-4-7-9-13/h4,6-9H,2-3,5,10-12H2,1H3/i12D. The van der Waals surface area contributed by atoms with Crippen molar-refractivity contribution >= 4 is 5.78 Å². The smallest absolute Gasteiger partial charge is 0.133 e. The molecule has 1 unspecified atom stereocenters. The van der Waals surface area contributed by atoms with Gasteiger partial charge >= 0.3 is 0 Å². The molecule has 0 radical (unpaired) electrons. The summed E-state index contributed by atoms with van der Waals surface area (Å²) >= 11 is 0. The van der Waals surface area contributed by atoms with Crippen LogP contribution in [-0.2, 0) is 11.2 Å². The van der Waals surface area contributed by atoms with E-state index in [0.29, 0.717) is 12.8 Å². The highest BCUT2D eigenvalue weighted by molar-refractivity contribution is 5.78. The van der Waals surface area contributed by atoms with Crippen LogP contribution in [0.25, 0.3) is 0 Å². The third-order valence-electron chi connectivity index (χ3n) is 2.43. The molecular weight excluding hydrogens is 184 g/mol. The van der Waals surface area contributed by atoms with E-state index in [-0.39, 0.29) is 5.78 Å². The predicted octanol–water partition coefficient (Wildman–Crippen LogP) is 3.77. The summed E-state index contributed by atoms with van der Waals surface area (Å²) in [5.74, 6) is 0.0808. The summed E-state index contributed by atoms with van der Waals surface area (Å²) < 4.78 is 7.80. The largest absolute Gasteiger partial charge is 0.300 e. The van der Waals surface area contributed by atoms with Crippen LogP contribution in [-0.4, -0.2) is 5.78 Å². The van der Waals surface area contributed by atoms with E-state index in [9.17, 15) is 4.79 Å². The molecule has 1 aromatic carbocycles. The van der Waals surface area contributed by atoms with Crippen molar-refractivity contribution < 1.29 is 6.17 Å². The van der Waals surface area contributed by atoms with Crippen LogP contribution in [0, 0.1) is 0 Å². The van der Waals surface area contributed by atoms with Gasteiger partial charge in [-0.25, -0.2) is 0 Å². The molecule has 1 atom stereocenters. The summed E-state index contributed by atoms with van der Waals surface area (Å²) in [5, 5.41) is 0. The maximum absolute atomic E-state index is 11.6. The first-order chi connectivity index (χ1) is 7.74. The van der Waals surface area contributed by atoms with Crippen molar-refractivity contribution in [2.75, 3.05) is 0 Å². The molecule has 0 saturated heterocycles. The molecule has 0 N–H and O–H groups in total. The lowest BCUT2D eigenvalue weighted by atomic mass is 10.0. The molecule has 0 heterocycles. The van der Waals surface area contributed by atoms with Gasteiger partial charge in [0.25, 0.3) is 0 Å². The Balaban J connectivity index is 2.34. The fourth-order valence-corrected chi connectivity index (χ4v) is 1.50. The summed E-state index contributed by atoms with van der Waals surface area (Å²) in [4.78, 5) is 11.6. The Morgan fingerprint density at radius 3 is 2.67 bits per heavy atom. The van der Waals surface area contributed by atoms with Crippen molar-refractivity contribution in [3.8, 4) is 0 Å². The minimum absolute atomic E-state index is 0.0808. The second-order valence-electron chi connectivity index (χ2n) is 3.82. The van der Waals surface area contributed by atoms with Gasteiger partial charge in [0.15, 0.2) is 0 Å². The van der Waals surface area contributed by atoms with Crippen molar-refractivity contribution in [3.05, 3.63) is 35.9 Å². The molecule has 82 valence electrons. The summed E-state index contributed by atoms with van der Waals surface area (Å²) in [6.45, 7) is 2.12. The van der Waals surface area contributed by atoms with Crippen LogP contribution < -0.4 is 0 Å². The molecule has 0 saturated carbocycles. The molecule has 0 aliphatic rings. The molecule has 1 rings (SSSR count). The zero-order valence-corrected chi connectivity index (χ0v) is 9.41. The van der Waals surface area contributed by atoms with Gasteiger partial charge in [-0.2, -0.15) is 0 Å². The van der Waals surface area contributed by atoms with Crippen molar-refractivity contribution in [1.82, 2.24) is 0 Å². The first-order valence-electron chi connectivity index (χ1n) is 6.30. The number of ketones is 1. The highest BCUT2D eigenvalue weighted by atomic mass is 16.1. The number of hydrogen-bond acceptors (Lipinski definition) is 1. The van der Waals surface area contributed by atoms with E-state index in [0.717, 1.165) is 24.8 Å². The molecular formula is C14H20O. The third-order valence-corrected chi connectivity index (χ3v) is 2.43. The molecule has 1 nitrogen and oxygen atoms in total. The molecule has 0 aliphatic heterocycles. The first kappa shape index (κ1) is 10.4. The Hall–Kier alpha value is -1.11. The molecule has 0 aromatic heterocycles. The van der Waals surface area contributed by atoms with Gasteiger partial charge in [0, 0.05) is 14.2 Å². The van der Waals surface area contributed by atoms with Crippen molar-refractivity contribution in [2.24, 2.45) is 0 Å². The minimum Gasteiger partial charge on any atom is -0.300 e. The van der Waals surface area contributed by atoms with Crippen LogP contribution in [0.4, 0.5) is 0 Å². The quantitative estimate of drug-likeness (QED) is 0.619. The molecule has 0 bridgehead atoms. The topological polar surface area (TPSA) is 17.1 Å².